The predicted octanol–water partition coefficient (Wildman–Crippen LogP) is 2.80. The molecule has 1 atom stereocenters. The third kappa shape index (κ3) is 4.91. The quantitative estimate of drug-likeness (QED) is 0.761. The van der Waals surface area contributed by atoms with Crippen LogP contribution in [-0.4, -0.2) is 36.0 Å². The molecule has 1 heterocycles. The van der Waals surface area contributed by atoms with E-state index in [0.29, 0.717) is 6.54 Å². The molecule has 0 amide bonds. The first-order chi connectivity index (χ1) is 10.2. The Morgan fingerprint density at radius 2 is 2.05 bits per heavy atom. The van der Waals surface area contributed by atoms with E-state index in [0.717, 1.165) is 11.3 Å². The number of nitrogens with one attached hydrogen (secondary N) is 1. The summed E-state index contributed by atoms with van der Waals surface area (Å²) in [5.41, 5.74) is 2.03. The van der Waals surface area contributed by atoms with Gasteiger partial charge in [0.2, 0.25) is 0 Å². The summed E-state index contributed by atoms with van der Waals surface area (Å²) < 4.78 is 30.4. The zero-order valence-corrected chi connectivity index (χ0v) is 11.9. The topological polar surface area (TPSA) is 39.1 Å². The molecule has 0 bridgehead atoms. The minimum Gasteiger partial charge on any atom is -0.374 e. The molecule has 0 aliphatic heterocycles. The van der Waals surface area contributed by atoms with Crippen LogP contribution in [0.2, 0.25) is 0 Å². The maximum absolute atomic E-state index is 11.9. The van der Waals surface area contributed by atoms with Crippen LogP contribution in [0, 0.1) is 0 Å². The van der Waals surface area contributed by atoms with Crippen molar-refractivity contribution in [2.45, 2.75) is 19.4 Å². The Morgan fingerprint density at radius 1 is 1.29 bits per heavy atom. The van der Waals surface area contributed by atoms with Crippen molar-refractivity contribution < 1.29 is 13.5 Å². The van der Waals surface area contributed by atoms with Gasteiger partial charge in [-0.05, 0) is 19.1 Å². The van der Waals surface area contributed by atoms with Gasteiger partial charge in [0.25, 0.3) is 6.43 Å². The minimum absolute atomic E-state index is 0.0811. The van der Waals surface area contributed by atoms with E-state index in [9.17, 15) is 8.78 Å². The monoisotopic (exact) mass is 295 g/mol. The van der Waals surface area contributed by atoms with Gasteiger partial charge in [0.1, 0.15) is 6.61 Å². The molecule has 0 aliphatic carbocycles. The van der Waals surface area contributed by atoms with Gasteiger partial charge in [-0.1, -0.05) is 18.2 Å². The molecule has 0 radical (unpaired) electrons. The van der Waals surface area contributed by atoms with E-state index in [2.05, 4.69) is 10.4 Å². The summed E-state index contributed by atoms with van der Waals surface area (Å²) in [5.74, 6) is 0. The lowest BCUT2D eigenvalue weighted by Gasteiger charge is -2.12. The third-order valence-corrected chi connectivity index (χ3v) is 3.06. The second-order valence-electron chi connectivity index (χ2n) is 4.70. The van der Waals surface area contributed by atoms with Gasteiger partial charge >= 0.3 is 0 Å². The fourth-order valence-electron chi connectivity index (χ4n) is 1.92. The Kier molecular flexibility index (Phi) is 5.83. The lowest BCUT2D eigenvalue weighted by Crippen LogP contribution is -2.23. The van der Waals surface area contributed by atoms with E-state index in [4.69, 9.17) is 4.74 Å². The SMILES string of the molecule is CC(NCCOCC(F)F)c1cnn(-c2ccccc2)c1. The molecule has 4 nitrogen and oxygen atoms in total. The highest BCUT2D eigenvalue weighted by Crippen LogP contribution is 2.13. The maximum Gasteiger partial charge on any atom is 0.261 e. The summed E-state index contributed by atoms with van der Waals surface area (Å²) in [6.07, 6.45) is 1.34. The van der Waals surface area contributed by atoms with Crippen molar-refractivity contribution >= 4 is 0 Å². The number of ether oxygens (including phenoxy) is 1. The molecule has 114 valence electrons. The zero-order valence-electron chi connectivity index (χ0n) is 11.9. The van der Waals surface area contributed by atoms with E-state index in [-0.39, 0.29) is 12.6 Å². The highest BCUT2D eigenvalue weighted by Gasteiger charge is 2.08. The Morgan fingerprint density at radius 3 is 2.76 bits per heavy atom. The van der Waals surface area contributed by atoms with Gasteiger partial charge < -0.3 is 10.1 Å². The van der Waals surface area contributed by atoms with Crippen molar-refractivity contribution in [3.63, 3.8) is 0 Å². The van der Waals surface area contributed by atoms with E-state index in [1.54, 1.807) is 10.9 Å². The molecule has 0 aliphatic rings. The molecule has 1 aromatic heterocycles. The van der Waals surface area contributed by atoms with E-state index in [1.165, 1.54) is 0 Å². The number of halogens is 2. The highest BCUT2D eigenvalue weighted by atomic mass is 19.3. The summed E-state index contributed by atoms with van der Waals surface area (Å²) in [7, 11) is 0. The molecule has 0 spiro atoms. The fourth-order valence-corrected chi connectivity index (χ4v) is 1.92. The number of nitrogens with zero attached hydrogens (tertiary/aromatic N) is 2. The molecule has 1 aromatic carbocycles. The van der Waals surface area contributed by atoms with Gasteiger partial charge in [0.15, 0.2) is 0 Å². The van der Waals surface area contributed by atoms with Gasteiger partial charge in [-0.25, -0.2) is 13.5 Å². The normalized spacial score (nSPS) is 12.8. The van der Waals surface area contributed by atoms with Crippen LogP contribution >= 0.6 is 0 Å². The summed E-state index contributed by atoms with van der Waals surface area (Å²) in [5, 5.41) is 7.54. The average molecular weight is 295 g/mol. The number of benzene rings is 1. The minimum atomic E-state index is -2.41. The second kappa shape index (κ2) is 7.85. The number of hydrogen-bond donors (Lipinski definition) is 1. The predicted molar refractivity (Wildman–Crippen MR) is 76.8 cm³/mol. The van der Waals surface area contributed by atoms with Gasteiger partial charge in [0.05, 0.1) is 18.5 Å². The average Bonchev–Trinajstić information content (AvgIpc) is 2.97. The van der Waals surface area contributed by atoms with Gasteiger partial charge in [-0.15, -0.1) is 0 Å². The molecular formula is C15H19F2N3O. The van der Waals surface area contributed by atoms with Crippen molar-refractivity contribution in [2.24, 2.45) is 0 Å². The van der Waals surface area contributed by atoms with Crippen LogP contribution in [0.25, 0.3) is 5.69 Å². The molecule has 0 fully saturated rings. The molecule has 1 N–H and O–H groups in total. The molecule has 0 saturated carbocycles. The van der Waals surface area contributed by atoms with Crippen molar-refractivity contribution in [1.82, 2.24) is 15.1 Å². The lowest BCUT2D eigenvalue weighted by atomic mass is 10.2. The number of para-hydroxylation sites is 1. The first kappa shape index (κ1) is 15.6. The summed E-state index contributed by atoms with van der Waals surface area (Å²) in [6.45, 7) is 2.27. The number of alkyl halides is 2. The van der Waals surface area contributed by atoms with Crippen molar-refractivity contribution in [1.29, 1.82) is 0 Å². The Hall–Kier alpha value is -1.79. The Bertz CT molecular complexity index is 531. The van der Waals surface area contributed by atoms with Crippen LogP contribution in [0.3, 0.4) is 0 Å². The maximum atomic E-state index is 11.9. The van der Waals surface area contributed by atoms with Gasteiger partial charge in [0, 0.05) is 24.3 Å². The van der Waals surface area contributed by atoms with Crippen molar-refractivity contribution in [3.05, 3.63) is 48.3 Å². The first-order valence-electron chi connectivity index (χ1n) is 6.86. The van der Waals surface area contributed by atoms with Crippen LogP contribution < -0.4 is 5.32 Å². The number of rotatable bonds is 8. The number of aromatic nitrogens is 2. The Balaban J connectivity index is 1.81. The van der Waals surface area contributed by atoms with Gasteiger partial charge in [-0.2, -0.15) is 5.10 Å². The molecule has 2 rings (SSSR count). The van der Waals surface area contributed by atoms with Crippen LogP contribution in [0.1, 0.15) is 18.5 Å². The highest BCUT2D eigenvalue weighted by molar-refractivity contribution is 5.31. The standard InChI is InChI=1S/C15H19F2N3O/c1-12(18-7-8-21-11-15(16)17)13-9-19-20(10-13)14-5-3-2-4-6-14/h2-6,9-10,12,15,18H,7-8,11H2,1H3. The van der Waals surface area contributed by atoms with Crippen molar-refractivity contribution in [2.75, 3.05) is 19.8 Å². The van der Waals surface area contributed by atoms with E-state index in [1.807, 2.05) is 43.5 Å². The van der Waals surface area contributed by atoms with Crippen molar-refractivity contribution in [3.8, 4) is 5.69 Å². The largest absolute Gasteiger partial charge is 0.374 e. The van der Waals surface area contributed by atoms with Crippen LogP contribution in [-0.2, 0) is 4.74 Å². The Labute approximate surface area is 122 Å². The van der Waals surface area contributed by atoms with E-state index < -0.39 is 13.0 Å². The smallest absolute Gasteiger partial charge is 0.261 e. The summed E-state index contributed by atoms with van der Waals surface area (Å²) in [4.78, 5) is 0. The first-order valence-corrected chi connectivity index (χ1v) is 6.86. The van der Waals surface area contributed by atoms with E-state index >= 15 is 0 Å². The van der Waals surface area contributed by atoms with Gasteiger partial charge in [-0.3, -0.25) is 0 Å². The molecule has 21 heavy (non-hydrogen) atoms. The molecule has 6 heteroatoms. The molecular weight excluding hydrogens is 276 g/mol. The second-order valence-corrected chi connectivity index (χ2v) is 4.70. The molecule has 2 aromatic rings. The number of hydrogen-bond acceptors (Lipinski definition) is 3. The summed E-state index contributed by atoms with van der Waals surface area (Å²) >= 11 is 0. The zero-order chi connectivity index (χ0) is 15.1. The summed E-state index contributed by atoms with van der Waals surface area (Å²) in [6, 6.07) is 9.91. The molecule has 0 saturated heterocycles. The van der Waals surface area contributed by atoms with Crippen LogP contribution in [0.5, 0.6) is 0 Å². The lowest BCUT2D eigenvalue weighted by molar-refractivity contribution is 0.0183. The fraction of sp³-hybridized carbons (Fsp3) is 0.400. The third-order valence-electron chi connectivity index (χ3n) is 3.06. The molecule has 1 unspecified atom stereocenters. The van der Waals surface area contributed by atoms with Crippen LogP contribution in [0.15, 0.2) is 42.7 Å². The van der Waals surface area contributed by atoms with Crippen LogP contribution in [0.4, 0.5) is 8.78 Å².